The van der Waals surface area contributed by atoms with Crippen molar-refractivity contribution in [2.45, 2.75) is 45.2 Å². The molecule has 1 atom stereocenters. The topological polar surface area (TPSA) is 84.0 Å². The predicted octanol–water partition coefficient (Wildman–Crippen LogP) is -0.0717. The molecule has 7 nitrogen and oxygen atoms in total. The molecule has 0 spiro atoms. The average Bonchev–Trinajstić information content (AvgIpc) is 3.23. The van der Waals surface area contributed by atoms with Crippen molar-refractivity contribution in [1.29, 1.82) is 0 Å². The fourth-order valence-electron chi connectivity index (χ4n) is 4.42. The van der Waals surface area contributed by atoms with Gasteiger partial charge in [-0.25, -0.2) is 15.0 Å². The normalized spacial score (nSPS) is 18.3. The molecule has 3 aromatic heterocycles. The van der Waals surface area contributed by atoms with Gasteiger partial charge < -0.3 is 19.9 Å². The number of halogens is 1. The molecule has 0 amide bonds. The first-order chi connectivity index (χ1) is 14.2. The van der Waals surface area contributed by atoms with Crippen molar-refractivity contribution in [1.82, 2.24) is 19.9 Å². The minimum atomic E-state index is 0. The molecule has 0 bridgehead atoms. The van der Waals surface area contributed by atoms with Gasteiger partial charge in [-0.05, 0) is 38.3 Å². The summed E-state index contributed by atoms with van der Waals surface area (Å²) in [6, 6.07) is 4.38. The summed E-state index contributed by atoms with van der Waals surface area (Å²) < 4.78 is 0. The van der Waals surface area contributed by atoms with Crippen LogP contribution in [0.2, 0.25) is 5.15 Å². The Morgan fingerprint density at radius 2 is 1.93 bits per heavy atom. The standard InChI is InChI=1S/C20H23ClN6.CH3O.K/c1-13-9-16-15(20(24-12-23-16)26-7-3-2-4-8-26)11-27(13)17-10-18(21)25-19-14(17)5-6-22-19;1-2;/h5-6,10,12-13H,2-4,7-9,11H2,1H3,(H,22,25);1H3;/q;-1;+1. The summed E-state index contributed by atoms with van der Waals surface area (Å²) in [5.41, 5.74) is 4.39. The van der Waals surface area contributed by atoms with Crippen LogP contribution < -0.4 is 66.3 Å². The molecule has 2 aliphatic heterocycles. The molecule has 9 heteroatoms. The minimum Gasteiger partial charge on any atom is -0.857 e. The molecule has 0 aliphatic carbocycles. The van der Waals surface area contributed by atoms with Crippen LogP contribution in [0.5, 0.6) is 0 Å². The van der Waals surface area contributed by atoms with Crippen LogP contribution in [0.25, 0.3) is 11.0 Å². The van der Waals surface area contributed by atoms with Crippen molar-refractivity contribution in [3.63, 3.8) is 0 Å². The summed E-state index contributed by atoms with van der Waals surface area (Å²) in [6.45, 7) is 5.21. The molecule has 1 fully saturated rings. The van der Waals surface area contributed by atoms with Gasteiger partial charge in [0, 0.05) is 49.2 Å². The van der Waals surface area contributed by atoms with Gasteiger partial charge in [0.05, 0.1) is 11.4 Å². The van der Waals surface area contributed by atoms with Crippen LogP contribution in [0.15, 0.2) is 24.7 Å². The largest absolute Gasteiger partial charge is 1.00 e. The molecule has 154 valence electrons. The van der Waals surface area contributed by atoms with Crippen molar-refractivity contribution in [3.05, 3.63) is 41.1 Å². The second-order valence-electron chi connectivity index (χ2n) is 7.56. The van der Waals surface area contributed by atoms with E-state index >= 15 is 0 Å². The van der Waals surface area contributed by atoms with Gasteiger partial charge in [-0.2, -0.15) is 7.11 Å². The van der Waals surface area contributed by atoms with Gasteiger partial charge in [-0.15, -0.1) is 0 Å². The first-order valence-electron chi connectivity index (χ1n) is 10.1. The molecule has 5 heterocycles. The van der Waals surface area contributed by atoms with E-state index in [2.05, 4.69) is 42.7 Å². The van der Waals surface area contributed by atoms with E-state index in [1.807, 2.05) is 12.3 Å². The van der Waals surface area contributed by atoms with E-state index in [4.69, 9.17) is 16.7 Å². The summed E-state index contributed by atoms with van der Waals surface area (Å²) in [5.74, 6) is 1.11. The second kappa shape index (κ2) is 10.7. The molecule has 3 aromatic rings. The van der Waals surface area contributed by atoms with Gasteiger partial charge in [0.1, 0.15) is 22.9 Å². The third-order valence-corrected chi connectivity index (χ3v) is 6.00. The SMILES string of the molecule is CC1Cc2ncnc(N3CCCCC3)c2CN1c1cc(Cl)nc2[nH]ccc12.C[O-].[K+]. The number of piperidine rings is 1. The molecule has 1 saturated heterocycles. The Morgan fingerprint density at radius 3 is 2.70 bits per heavy atom. The molecule has 1 N–H and O–H groups in total. The van der Waals surface area contributed by atoms with Gasteiger partial charge in [0.25, 0.3) is 0 Å². The van der Waals surface area contributed by atoms with Crippen LogP contribution in [-0.4, -0.2) is 46.2 Å². The van der Waals surface area contributed by atoms with Crippen LogP contribution in [0.4, 0.5) is 11.5 Å². The van der Waals surface area contributed by atoms with Gasteiger partial charge in [0.2, 0.25) is 0 Å². The van der Waals surface area contributed by atoms with Crippen LogP contribution in [0.1, 0.15) is 37.4 Å². The number of nitrogens with one attached hydrogen (secondary N) is 1. The van der Waals surface area contributed by atoms with E-state index in [9.17, 15) is 0 Å². The van der Waals surface area contributed by atoms with Crippen LogP contribution in [-0.2, 0) is 13.0 Å². The predicted molar refractivity (Wildman–Crippen MR) is 114 cm³/mol. The number of H-pyrrole nitrogens is 1. The van der Waals surface area contributed by atoms with Gasteiger partial charge in [-0.1, -0.05) is 11.6 Å². The zero-order valence-electron chi connectivity index (χ0n) is 17.9. The van der Waals surface area contributed by atoms with Gasteiger partial charge >= 0.3 is 51.4 Å². The average molecular weight is 453 g/mol. The van der Waals surface area contributed by atoms with E-state index in [1.165, 1.54) is 30.5 Å². The van der Waals surface area contributed by atoms with Crippen molar-refractivity contribution < 1.29 is 56.5 Å². The van der Waals surface area contributed by atoms with E-state index < -0.39 is 0 Å². The molecule has 0 radical (unpaired) electrons. The number of pyridine rings is 1. The number of anilines is 2. The Labute approximate surface area is 224 Å². The van der Waals surface area contributed by atoms with Crippen LogP contribution in [0.3, 0.4) is 0 Å². The van der Waals surface area contributed by atoms with Crippen molar-refractivity contribution in [3.8, 4) is 0 Å². The Morgan fingerprint density at radius 1 is 1.17 bits per heavy atom. The summed E-state index contributed by atoms with van der Waals surface area (Å²) in [4.78, 5) is 21.7. The number of fused-ring (bicyclic) bond motifs is 2. The Kier molecular flexibility index (Phi) is 8.54. The quantitative estimate of drug-likeness (QED) is 0.433. The third-order valence-electron chi connectivity index (χ3n) is 5.80. The van der Waals surface area contributed by atoms with E-state index in [0.29, 0.717) is 11.2 Å². The second-order valence-corrected chi connectivity index (χ2v) is 7.94. The maximum atomic E-state index is 8.25. The van der Waals surface area contributed by atoms with Gasteiger partial charge in [-0.3, -0.25) is 0 Å². The maximum absolute atomic E-state index is 8.25. The molecular weight excluding hydrogens is 427 g/mol. The minimum absolute atomic E-state index is 0. The third kappa shape index (κ3) is 4.70. The zero-order valence-corrected chi connectivity index (χ0v) is 21.7. The molecule has 2 aliphatic rings. The number of aromatic nitrogens is 4. The van der Waals surface area contributed by atoms with Crippen molar-refractivity contribution in [2.75, 3.05) is 30.0 Å². The number of hydrogen-bond donors (Lipinski definition) is 1. The molecular formula is C21H26ClKN6O. The van der Waals surface area contributed by atoms with Crippen LogP contribution >= 0.6 is 11.6 Å². The molecule has 1 unspecified atom stereocenters. The monoisotopic (exact) mass is 452 g/mol. The number of rotatable bonds is 2. The van der Waals surface area contributed by atoms with E-state index in [-0.39, 0.29) is 51.4 Å². The smallest absolute Gasteiger partial charge is 0.857 e. The summed E-state index contributed by atoms with van der Waals surface area (Å²) in [6.07, 6.45) is 8.35. The van der Waals surface area contributed by atoms with E-state index in [1.54, 1.807) is 6.33 Å². The number of aromatic amines is 1. The number of hydrogen-bond acceptors (Lipinski definition) is 6. The molecule has 0 aromatic carbocycles. The molecule has 0 saturated carbocycles. The zero-order chi connectivity index (χ0) is 20.4. The van der Waals surface area contributed by atoms with Crippen molar-refractivity contribution >= 4 is 34.1 Å². The maximum Gasteiger partial charge on any atom is 1.00 e. The molecule has 30 heavy (non-hydrogen) atoms. The van der Waals surface area contributed by atoms with E-state index in [0.717, 1.165) is 55.7 Å². The first-order valence-corrected chi connectivity index (χ1v) is 10.5. The van der Waals surface area contributed by atoms with Gasteiger partial charge in [0.15, 0.2) is 0 Å². The Bertz CT molecular complexity index is 991. The number of nitrogens with zero attached hydrogens (tertiary/aromatic N) is 5. The Hall–Kier alpha value is -0.744. The fourth-order valence-corrected chi connectivity index (χ4v) is 4.61. The summed E-state index contributed by atoms with van der Waals surface area (Å²) in [7, 11) is 0.750. The summed E-state index contributed by atoms with van der Waals surface area (Å²) in [5, 5.41) is 9.87. The van der Waals surface area contributed by atoms with Crippen molar-refractivity contribution in [2.24, 2.45) is 0 Å². The van der Waals surface area contributed by atoms with Crippen LogP contribution in [0, 0.1) is 0 Å². The fraction of sp³-hybridized carbons (Fsp3) is 0.476. The Balaban J connectivity index is 0.000000830. The molecule has 5 rings (SSSR count). The first kappa shape index (κ1) is 23.9. The summed E-state index contributed by atoms with van der Waals surface area (Å²) >= 11 is 6.31.